The van der Waals surface area contributed by atoms with Crippen LogP contribution in [-0.4, -0.2) is 29.1 Å². The zero-order valence-electron chi connectivity index (χ0n) is 10.6. The second-order valence-electron chi connectivity index (χ2n) is 4.65. The van der Waals surface area contributed by atoms with Crippen molar-refractivity contribution in [2.45, 2.75) is 45.1 Å². The smallest absolute Gasteiger partial charge is 0.129 e. The Labute approximate surface area is 103 Å². The molecule has 1 atom stereocenters. The van der Waals surface area contributed by atoms with Crippen LogP contribution in [0.3, 0.4) is 0 Å². The highest BCUT2D eigenvalue weighted by Crippen LogP contribution is 2.10. The highest BCUT2D eigenvalue weighted by atomic mass is 15.0. The molecule has 1 aromatic heterocycles. The first kappa shape index (κ1) is 12.3. The summed E-state index contributed by atoms with van der Waals surface area (Å²) in [7, 11) is 0. The standard InChI is InChI=1S/C13H22N4/c1-2-4-12-9-13(17-10-16-12)15-8-6-11-5-3-7-14-11/h9-11,14H,2-8H2,1H3,(H,15,16,17)/t11-/m0/s1. The minimum absolute atomic E-state index is 0.694. The number of aromatic nitrogens is 2. The van der Waals surface area contributed by atoms with Crippen LogP contribution in [-0.2, 0) is 6.42 Å². The molecule has 0 bridgehead atoms. The average molecular weight is 234 g/mol. The lowest BCUT2D eigenvalue weighted by Gasteiger charge is -2.11. The zero-order valence-corrected chi connectivity index (χ0v) is 10.6. The van der Waals surface area contributed by atoms with Crippen molar-refractivity contribution in [3.8, 4) is 0 Å². The Kier molecular flexibility index (Phi) is 4.74. The van der Waals surface area contributed by atoms with Gasteiger partial charge in [-0.05, 0) is 32.2 Å². The van der Waals surface area contributed by atoms with E-state index in [1.165, 1.54) is 25.8 Å². The highest BCUT2D eigenvalue weighted by molar-refractivity contribution is 5.34. The van der Waals surface area contributed by atoms with Gasteiger partial charge in [-0.25, -0.2) is 9.97 Å². The summed E-state index contributed by atoms with van der Waals surface area (Å²) in [6.07, 6.45) is 7.61. The SMILES string of the molecule is CCCc1cc(NCC[C@@H]2CCCN2)ncn1. The van der Waals surface area contributed by atoms with Crippen LogP contribution in [0.4, 0.5) is 5.82 Å². The summed E-state index contributed by atoms with van der Waals surface area (Å²) < 4.78 is 0. The third-order valence-electron chi connectivity index (χ3n) is 3.19. The van der Waals surface area contributed by atoms with E-state index in [-0.39, 0.29) is 0 Å². The van der Waals surface area contributed by atoms with Crippen LogP contribution in [0, 0.1) is 0 Å². The van der Waals surface area contributed by atoms with Crippen molar-refractivity contribution in [3.63, 3.8) is 0 Å². The maximum Gasteiger partial charge on any atom is 0.129 e. The van der Waals surface area contributed by atoms with E-state index < -0.39 is 0 Å². The molecule has 1 aliphatic rings. The van der Waals surface area contributed by atoms with Gasteiger partial charge in [0.15, 0.2) is 0 Å². The molecule has 4 heteroatoms. The molecule has 0 aliphatic carbocycles. The quantitative estimate of drug-likeness (QED) is 0.790. The van der Waals surface area contributed by atoms with E-state index >= 15 is 0 Å². The fourth-order valence-corrected chi connectivity index (χ4v) is 2.26. The fraction of sp³-hybridized carbons (Fsp3) is 0.692. The third kappa shape index (κ3) is 3.97. The summed E-state index contributed by atoms with van der Waals surface area (Å²) in [6.45, 7) is 4.33. The summed E-state index contributed by atoms with van der Waals surface area (Å²) >= 11 is 0. The van der Waals surface area contributed by atoms with Crippen LogP contribution in [0.15, 0.2) is 12.4 Å². The van der Waals surface area contributed by atoms with Crippen LogP contribution < -0.4 is 10.6 Å². The molecule has 0 aromatic carbocycles. The first-order valence-electron chi connectivity index (χ1n) is 6.66. The molecule has 1 saturated heterocycles. The van der Waals surface area contributed by atoms with Crippen molar-refractivity contribution in [2.24, 2.45) is 0 Å². The van der Waals surface area contributed by atoms with Crippen molar-refractivity contribution in [1.82, 2.24) is 15.3 Å². The van der Waals surface area contributed by atoms with Gasteiger partial charge in [0, 0.05) is 24.3 Å². The molecule has 2 rings (SSSR count). The van der Waals surface area contributed by atoms with E-state index in [1.807, 2.05) is 0 Å². The Morgan fingerprint density at radius 3 is 3.18 bits per heavy atom. The third-order valence-corrected chi connectivity index (χ3v) is 3.19. The van der Waals surface area contributed by atoms with Crippen molar-refractivity contribution >= 4 is 5.82 Å². The molecule has 17 heavy (non-hydrogen) atoms. The normalized spacial score (nSPS) is 19.5. The van der Waals surface area contributed by atoms with Gasteiger partial charge in [0.2, 0.25) is 0 Å². The number of nitrogens with zero attached hydrogens (tertiary/aromatic N) is 2. The van der Waals surface area contributed by atoms with Gasteiger partial charge in [-0.15, -0.1) is 0 Å². The van der Waals surface area contributed by atoms with E-state index in [0.29, 0.717) is 6.04 Å². The molecule has 0 spiro atoms. The number of hydrogen-bond donors (Lipinski definition) is 2. The number of rotatable bonds is 6. The number of nitrogens with one attached hydrogen (secondary N) is 2. The molecular formula is C13H22N4. The molecule has 2 N–H and O–H groups in total. The molecule has 0 unspecified atom stereocenters. The van der Waals surface area contributed by atoms with Gasteiger partial charge >= 0.3 is 0 Å². The highest BCUT2D eigenvalue weighted by Gasteiger charge is 2.12. The topological polar surface area (TPSA) is 49.8 Å². The van der Waals surface area contributed by atoms with Crippen LogP contribution in [0.25, 0.3) is 0 Å². The van der Waals surface area contributed by atoms with Gasteiger partial charge in [0.25, 0.3) is 0 Å². The van der Waals surface area contributed by atoms with Gasteiger partial charge in [-0.3, -0.25) is 0 Å². The second-order valence-corrected chi connectivity index (χ2v) is 4.65. The molecule has 1 aromatic rings. The first-order valence-corrected chi connectivity index (χ1v) is 6.66. The monoisotopic (exact) mass is 234 g/mol. The number of aryl methyl sites for hydroxylation is 1. The maximum atomic E-state index is 4.25. The maximum absolute atomic E-state index is 4.25. The largest absolute Gasteiger partial charge is 0.370 e. The lowest BCUT2D eigenvalue weighted by molar-refractivity contribution is 0.574. The number of hydrogen-bond acceptors (Lipinski definition) is 4. The van der Waals surface area contributed by atoms with Crippen LogP contribution >= 0.6 is 0 Å². The van der Waals surface area contributed by atoms with Crippen molar-refractivity contribution in [3.05, 3.63) is 18.1 Å². The van der Waals surface area contributed by atoms with E-state index in [1.54, 1.807) is 6.33 Å². The molecule has 1 aliphatic heterocycles. The minimum atomic E-state index is 0.694. The molecule has 0 radical (unpaired) electrons. The summed E-state index contributed by atoms with van der Waals surface area (Å²) in [6, 6.07) is 2.76. The molecule has 1 fully saturated rings. The van der Waals surface area contributed by atoms with E-state index in [2.05, 4.69) is 33.6 Å². The molecule has 2 heterocycles. The van der Waals surface area contributed by atoms with Crippen LogP contribution in [0.1, 0.15) is 38.3 Å². The Bertz CT molecular complexity index is 334. The summed E-state index contributed by atoms with van der Waals surface area (Å²) in [4.78, 5) is 8.49. The number of anilines is 1. The Hall–Kier alpha value is -1.16. The Balaban J connectivity index is 1.75. The van der Waals surface area contributed by atoms with Gasteiger partial charge in [0.1, 0.15) is 12.1 Å². The van der Waals surface area contributed by atoms with Gasteiger partial charge < -0.3 is 10.6 Å². The second kappa shape index (κ2) is 6.55. The molecule has 0 amide bonds. The predicted molar refractivity (Wildman–Crippen MR) is 70.2 cm³/mol. The van der Waals surface area contributed by atoms with Crippen molar-refractivity contribution in [2.75, 3.05) is 18.4 Å². The first-order chi connectivity index (χ1) is 8.38. The lowest BCUT2D eigenvalue weighted by atomic mass is 10.1. The van der Waals surface area contributed by atoms with Gasteiger partial charge in [-0.2, -0.15) is 0 Å². The molecule has 4 nitrogen and oxygen atoms in total. The lowest BCUT2D eigenvalue weighted by Crippen LogP contribution is -2.24. The molecule has 0 saturated carbocycles. The summed E-state index contributed by atoms with van der Waals surface area (Å²) in [5.41, 5.74) is 1.13. The van der Waals surface area contributed by atoms with Crippen LogP contribution in [0.5, 0.6) is 0 Å². The van der Waals surface area contributed by atoms with Crippen molar-refractivity contribution < 1.29 is 0 Å². The van der Waals surface area contributed by atoms with Gasteiger partial charge in [0.05, 0.1) is 0 Å². The summed E-state index contributed by atoms with van der Waals surface area (Å²) in [5.74, 6) is 0.960. The van der Waals surface area contributed by atoms with E-state index in [0.717, 1.165) is 30.9 Å². The zero-order chi connectivity index (χ0) is 11.9. The Morgan fingerprint density at radius 1 is 1.47 bits per heavy atom. The van der Waals surface area contributed by atoms with Crippen LogP contribution in [0.2, 0.25) is 0 Å². The predicted octanol–water partition coefficient (Wildman–Crippen LogP) is 1.98. The minimum Gasteiger partial charge on any atom is -0.370 e. The molecule has 94 valence electrons. The van der Waals surface area contributed by atoms with Gasteiger partial charge in [-0.1, -0.05) is 13.3 Å². The van der Waals surface area contributed by atoms with Crippen molar-refractivity contribution in [1.29, 1.82) is 0 Å². The van der Waals surface area contributed by atoms with E-state index in [9.17, 15) is 0 Å². The molecular weight excluding hydrogens is 212 g/mol. The fourth-order valence-electron chi connectivity index (χ4n) is 2.26. The average Bonchev–Trinajstić information content (AvgIpc) is 2.83. The van der Waals surface area contributed by atoms with E-state index in [4.69, 9.17) is 0 Å². The summed E-state index contributed by atoms with van der Waals surface area (Å²) in [5, 5.41) is 6.88. The Morgan fingerprint density at radius 2 is 2.41 bits per heavy atom.